The summed E-state index contributed by atoms with van der Waals surface area (Å²) in [5.74, 6) is 2.20. The summed E-state index contributed by atoms with van der Waals surface area (Å²) < 4.78 is 32.4. The molecule has 0 radical (unpaired) electrons. The molecule has 9 heteroatoms. The number of hydrogen-bond acceptors (Lipinski definition) is 6. The normalized spacial score (nSPS) is 16.9. The van der Waals surface area contributed by atoms with E-state index in [4.69, 9.17) is 4.74 Å². The van der Waals surface area contributed by atoms with Gasteiger partial charge in [0.05, 0.1) is 18.6 Å². The Morgan fingerprint density at radius 1 is 1.20 bits per heavy atom. The number of aryl methyl sites for hydroxylation is 2. The largest absolute Gasteiger partial charge is 0.496 e. The van der Waals surface area contributed by atoms with Crippen molar-refractivity contribution in [3.63, 3.8) is 0 Å². The highest BCUT2D eigenvalue weighted by Crippen LogP contribution is 2.24. The topological polar surface area (TPSA) is 91.4 Å². The van der Waals surface area contributed by atoms with Crippen LogP contribution in [0.5, 0.6) is 5.75 Å². The number of nitrogens with one attached hydrogen (secondary N) is 1. The molecule has 3 rings (SSSR count). The minimum absolute atomic E-state index is 0.309. The first-order chi connectivity index (χ1) is 11.9. The molecule has 1 aromatic heterocycles. The van der Waals surface area contributed by atoms with Crippen LogP contribution >= 0.6 is 0 Å². The SMILES string of the molecule is COc1ccc(S(=O)(=O)N2CCN(Cc3n[nH]c(C)n3)CC2)cc1C. The Balaban J connectivity index is 1.66. The molecule has 0 unspecified atom stereocenters. The van der Waals surface area contributed by atoms with Gasteiger partial charge in [0, 0.05) is 26.2 Å². The van der Waals surface area contributed by atoms with Crippen molar-refractivity contribution in [3.8, 4) is 5.75 Å². The minimum Gasteiger partial charge on any atom is -0.496 e. The molecule has 1 aliphatic rings. The van der Waals surface area contributed by atoms with Crippen LogP contribution in [0.15, 0.2) is 23.1 Å². The second-order valence-corrected chi connectivity index (χ2v) is 8.09. The Hall–Kier alpha value is -1.97. The molecule has 0 bridgehead atoms. The van der Waals surface area contributed by atoms with Crippen LogP contribution < -0.4 is 4.74 Å². The standard InChI is InChI=1S/C16H23N5O3S/c1-12-10-14(4-5-15(12)24-3)25(22,23)21-8-6-20(7-9-21)11-16-17-13(2)18-19-16/h4-5,10H,6-9,11H2,1-3H3,(H,17,18,19). The summed E-state index contributed by atoms with van der Waals surface area (Å²) in [6.45, 7) is 6.55. The molecular weight excluding hydrogens is 342 g/mol. The van der Waals surface area contributed by atoms with Crippen molar-refractivity contribution in [1.29, 1.82) is 0 Å². The third kappa shape index (κ3) is 3.83. The van der Waals surface area contributed by atoms with Gasteiger partial charge in [-0.25, -0.2) is 13.4 Å². The zero-order chi connectivity index (χ0) is 18.0. The summed E-state index contributed by atoms with van der Waals surface area (Å²) in [4.78, 5) is 6.76. The van der Waals surface area contributed by atoms with Gasteiger partial charge in [0.15, 0.2) is 5.82 Å². The molecule has 1 fully saturated rings. The lowest BCUT2D eigenvalue weighted by atomic mass is 10.2. The Kier molecular flexibility index (Phi) is 5.07. The van der Waals surface area contributed by atoms with E-state index < -0.39 is 10.0 Å². The van der Waals surface area contributed by atoms with Crippen molar-refractivity contribution < 1.29 is 13.2 Å². The van der Waals surface area contributed by atoms with Gasteiger partial charge in [-0.3, -0.25) is 10.00 Å². The van der Waals surface area contributed by atoms with Crippen molar-refractivity contribution in [2.45, 2.75) is 25.3 Å². The second-order valence-electron chi connectivity index (χ2n) is 6.15. The van der Waals surface area contributed by atoms with Crippen LogP contribution in [0.1, 0.15) is 17.2 Å². The van der Waals surface area contributed by atoms with Crippen LogP contribution in [-0.2, 0) is 16.6 Å². The molecule has 0 spiro atoms. The molecule has 0 amide bonds. The molecular formula is C16H23N5O3S. The van der Waals surface area contributed by atoms with Crippen molar-refractivity contribution in [1.82, 2.24) is 24.4 Å². The average Bonchev–Trinajstić information content (AvgIpc) is 3.00. The van der Waals surface area contributed by atoms with E-state index in [9.17, 15) is 8.42 Å². The lowest BCUT2D eigenvalue weighted by molar-refractivity contribution is 0.178. The zero-order valence-electron chi connectivity index (χ0n) is 14.7. The quantitative estimate of drug-likeness (QED) is 0.848. The third-order valence-electron chi connectivity index (χ3n) is 4.34. The summed E-state index contributed by atoms with van der Waals surface area (Å²) in [7, 11) is -1.91. The van der Waals surface area contributed by atoms with E-state index in [0.29, 0.717) is 43.4 Å². The predicted molar refractivity (Wildman–Crippen MR) is 92.9 cm³/mol. The lowest BCUT2D eigenvalue weighted by Gasteiger charge is -2.33. The summed E-state index contributed by atoms with van der Waals surface area (Å²) in [6.07, 6.45) is 0. The van der Waals surface area contributed by atoms with Gasteiger partial charge in [0.1, 0.15) is 11.6 Å². The van der Waals surface area contributed by atoms with Gasteiger partial charge in [0.25, 0.3) is 0 Å². The maximum atomic E-state index is 12.8. The van der Waals surface area contributed by atoms with Crippen LogP contribution in [0.25, 0.3) is 0 Å². The molecule has 0 saturated carbocycles. The number of nitrogens with zero attached hydrogens (tertiary/aromatic N) is 4. The second kappa shape index (κ2) is 7.11. The number of hydrogen-bond donors (Lipinski definition) is 1. The van der Waals surface area contributed by atoms with Crippen LogP contribution in [0.3, 0.4) is 0 Å². The molecule has 0 atom stereocenters. The first-order valence-electron chi connectivity index (χ1n) is 8.15. The summed E-state index contributed by atoms with van der Waals surface area (Å²) in [5, 5.41) is 6.95. The van der Waals surface area contributed by atoms with Crippen molar-refractivity contribution in [2.75, 3.05) is 33.3 Å². The fourth-order valence-corrected chi connectivity index (χ4v) is 4.46. The molecule has 2 heterocycles. The molecule has 1 aliphatic heterocycles. The maximum Gasteiger partial charge on any atom is 0.243 e. The number of aromatic amines is 1. The highest BCUT2D eigenvalue weighted by atomic mass is 32.2. The van der Waals surface area contributed by atoms with E-state index >= 15 is 0 Å². The first-order valence-corrected chi connectivity index (χ1v) is 9.59. The van der Waals surface area contributed by atoms with Gasteiger partial charge in [-0.2, -0.15) is 9.40 Å². The Morgan fingerprint density at radius 2 is 1.92 bits per heavy atom. The van der Waals surface area contributed by atoms with Crippen LogP contribution in [0.4, 0.5) is 0 Å². The molecule has 1 aromatic carbocycles. The van der Waals surface area contributed by atoms with E-state index in [1.54, 1.807) is 25.3 Å². The van der Waals surface area contributed by atoms with Crippen LogP contribution in [-0.4, -0.2) is 66.1 Å². The molecule has 0 aliphatic carbocycles. The van der Waals surface area contributed by atoms with E-state index in [1.165, 1.54) is 4.31 Å². The predicted octanol–water partition coefficient (Wildman–Crippen LogP) is 0.937. The third-order valence-corrected chi connectivity index (χ3v) is 6.24. The van der Waals surface area contributed by atoms with Gasteiger partial charge in [-0.05, 0) is 37.6 Å². The Morgan fingerprint density at radius 3 is 2.48 bits per heavy atom. The van der Waals surface area contributed by atoms with Crippen LogP contribution in [0.2, 0.25) is 0 Å². The number of methoxy groups -OCH3 is 1. The van der Waals surface area contributed by atoms with E-state index in [0.717, 1.165) is 17.2 Å². The van der Waals surface area contributed by atoms with Gasteiger partial charge >= 0.3 is 0 Å². The summed E-state index contributed by atoms with van der Waals surface area (Å²) in [6, 6.07) is 4.96. The smallest absolute Gasteiger partial charge is 0.243 e. The number of piperazine rings is 1. The minimum atomic E-state index is -3.49. The molecule has 136 valence electrons. The van der Waals surface area contributed by atoms with Gasteiger partial charge in [0.2, 0.25) is 10.0 Å². The number of ether oxygens (including phenoxy) is 1. The van der Waals surface area contributed by atoms with Crippen molar-refractivity contribution in [3.05, 3.63) is 35.4 Å². The highest BCUT2D eigenvalue weighted by Gasteiger charge is 2.29. The number of sulfonamides is 1. The van der Waals surface area contributed by atoms with Gasteiger partial charge < -0.3 is 4.74 Å². The fourth-order valence-electron chi connectivity index (χ4n) is 2.95. The molecule has 25 heavy (non-hydrogen) atoms. The molecule has 1 N–H and O–H groups in total. The summed E-state index contributed by atoms with van der Waals surface area (Å²) >= 11 is 0. The molecule has 1 saturated heterocycles. The maximum absolute atomic E-state index is 12.8. The van der Waals surface area contributed by atoms with E-state index in [-0.39, 0.29) is 0 Å². The highest BCUT2D eigenvalue weighted by molar-refractivity contribution is 7.89. The molecule has 2 aromatic rings. The fraction of sp³-hybridized carbons (Fsp3) is 0.500. The van der Waals surface area contributed by atoms with Crippen molar-refractivity contribution in [2.24, 2.45) is 0 Å². The van der Waals surface area contributed by atoms with Crippen LogP contribution in [0, 0.1) is 13.8 Å². The average molecular weight is 365 g/mol. The van der Waals surface area contributed by atoms with Gasteiger partial charge in [-0.15, -0.1) is 0 Å². The van der Waals surface area contributed by atoms with E-state index in [1.807, 2.05) is 13.8 Å². The first kappa shape index (κ1) is 17.8. The molecule has 8 nitrogen and oxygen atoms in total. The zero-order valence-corrected chi connectivity index (χ0v) is 15.5. The monoisotopic (exact) mass is 365 g/mol. The van der Waals surface area contributed by atoms with Gasteiger partial charge in [-0.1, -0.05) is 0 Å². The lowest BCUT2D eigenvalue weighted by Crippen LogP contribution is -2.48. The number of aromatic nitrogens is 3. The Bertz CT molecular complexity index is 841. The summed E-state index contributed by atoms with van der Waals surface area (Å²) in [5.41, 5.74) is 0.808. The van der Waals surface area contributed by atoms with E-state index in [2.05, 4.69) is 20.1 Å². The number of rotatable bonds is 5. The Labute approximate surface area is 147 Å². The number of benzene rings is 1. The van der Waals surface area contributed by atoms with Crippen molar-refractivity contribution >= 4 is 10.0 Å². The number of H-pyrrole nitrogens is 1.